The molecule has 5 nitrogen and oxygen atoms in total. The first-order chi connectivity index (χ1) is 25.6. The minimum absolute atomic E-state index is 0.247. The van der Waals surface area contributed by atoms with Crippen molar-refractivity contribution < 1.29 is 14.2 Å². The monoisotopic (exact) mass is 680 g/mol. The molecule has 0 aromatic heterocycles. The van der Waals surface area contributed by atoms with E-state index in [1.807, 2.05) is 48.5 Å². The summed E-state index contributed by atoms with van der Waals surface area (Å²) in [6, 6.07) is 42.0. The van der Waals surface area contributed by atoms with Gasteiger partial charge >= 0.3 is 0 Å². The van der Waals surface area contributed by atoms with Crippen molar-refractivity contribution in [3.63, 3.8) is 0 Å². The molecule has 1 saturated heterocycles. The Morgan fingerprint density at radius 2 is 1.40 bits per heavy atom. The fraction of sp³-hybridized carbons (Fsp3) is 0.213. The van der Waals surface area contributed by atoms with Crippen LogP contribution in [0.2, 0.25) is 0 Å². The third-order valence-electron chi connectivity index (χ3n) is 11.5. The number of morpholine rings is 1. The molecule has 1 fully saturated rings. The fourth-order valence-electron chi connectivity index (χ4n) is 8.82. The number of benzene rings is 6. The van der Waals surface area contributed by atoms with Crippen molar-refractivity contribution in [3.8, 4) is 28.4 Å². The van der Waals surface area contributed by atoms with Crippen molar-refractivity contribution in [2.75, 3.05) is 31.2 Å². The molecule has 0 amide bonds. The predicted octanol–water partition coefficient (Wildman–Crippen LogP) is 11.5. The zero-order valence-electron chi connectivity index (χ0n) is 29.6. The lowest BCUT2D eigenvalue weighted by Gasteiger charge is -2.39. The van der Waals surface area contributed by atoms with Crippen molar-refractivity contribution in [3.05, 3.63) is 167 Å². The van der Waals surface area contributed by atoms with Gasteiger partial charge in [-0.05, 0) is 83.0 Å². The average Bonchev–Trinajstić information content (AvgIpc) is 3.52. The Morgan fingerprint density at radius 3 is 2.10 bits per heavy atom. The van der Waals surface area contributed by atoms with Crippen LogP contribution in [0.4, 0.5) is 11.4 Å². The molecule has 2 heterocycles. The Labute approximate surface area is 305 Å². The van der Waals surface area contributed by atoms with E-state index in [0.717, 1.165) is 78.5 Å². The van der Waals surface area contributed by atoms with E-state index in [4.69, 9.17) is 20.8 Å². The van der Waals surface area contributed by atoms with E-state index in [1.54, 1.807) is 0 Å². The molecule has 0 bridgehead atoms. The Kier molecular flexibility index (Phi) is 7.87. The zero-order chi connectivity index (χ0) is 35.3. The lowest BCUT2D eigenvalue weighted by Crippen LogP contribution is -2.37. The summed E-state index contributed by atoms with van der Waals surface area (Å²) in [6.45, 7) is 15.6. The van der Waals surface area contributed by atoms with Gasteiger partial charge in [0.15, 0.2) is 11.3 Å². The first-order valence-electron chi connectivity index (χ1n) is 18.3. The third-order valence-corrected chi connectivity index (χ3v) is 11.5. The van der Waals surface area contributed by atoms with Crippen LogP contribution in [0.1, 0.15) is 54.5 Å². The number of fused-ring (bicyclic) bond motifs is 8. The normalized spacial score (nSPS) is 18.2. The molecule has 5 heteroatoms. The molecule has 0 saturated carbocycles. The molecule has 1 atom stereocenters. The molecule has 1 aliphatic carbocycles. The van der Waals surface area contributed by atoms with Crippen LogP contribution in [-0.4, -0.2) is 26.3 Å². The molecule has 6 aromatic carbocycles. The van der Waals surface area contributed by atoms with E-state index in [9.17, 15) is 0 Å². The topological polar surface area (TPSA) is 35.3 Å². The molecule has 256 valence electrons. The van der Waals surface area contributed by atoms with Crippen LogP contribution in [0, 0.1) is 6.57 Å². The standard InChI is InChI=1S/C47H40N2O3/c1-4-46(5-2)42-31-34(48-3)19-24-40(42)43-38-13-9-10-14-39(38)45-41(44(43)46)25-26-47(52-45,32-15-20-35(21-16-32)49-27-29-50-30-28-49)33-17-22-37(23-18-33)51-36-11-7-6-8-12-36/h6-26,31H,4-5,27-30H2,1-2H3. The summed E-state index contributed by atoms with van der Waals surface area (Å²) >= 11 is 0. The van der Waals surface area contributed by atoms with E-state index in [1.165, 1.54) is 33.3 Å². The predicted molar refractivity (Wildman–Crippen MR) is 210 cm³/mol. The highest BCUT2D eigenvalue weighted by Gasteiger charge is 2.47. The molecular weight excluding hydrogens is 641 g/mol. The number of hydrogen-bond acceptors (Lipinski definition) is 4. The molecule has 0 radical (unpaired) electrons. The largest absolute Gasteiger partial charge is 0.472 e. The van der Waals surface area contributed by atoms with Gasteiger partial charge in [0, 0.05) is 46.3 Å². The summed E-state index contributed by atoms with van der Waals surface area (Å²) in [5.74, 6) is 2.46. The molecule has 3 aliphatic rings. The maximum absolute atomic E-state index is 7.82. The minimum atomic E-state index is -0.900. The summed E-state index contributed by atoms with van der Waals surface area (Å²) in [5.41, 5.74) is 8.96. The summed E-state index contributed by atoms with van der Waals surface area (Å²) in [5, 5.41) is 2.26. The van der Waals surface area contributed by atoms with Crippen LogP contribution in [0.25, 0.3) is 32.8 Å². The van der Waals surface area contributed by atoms with Crippen molar-refractivity contribution in [2.45, 2.75) is 37.7 Å². The highest BCUT2D eigenvalue weighted by molar-refractivity contribution is 6.08. The Bertz CT molecular complexity index is 2360. The Hall–Kier alpha value is -5.83. The smallest absolute Gasteiger partial charge is 0.187 e. The van der Waals surface area contributed by atoms with Gasteiger partial charge in [-0.25, -0.2) is 4.85 Å². The van der Waals surface area contributed by atoms with Gasteiger partial charge in [-0.1, -0.05) is 105 Å². The zero-order valence-corrected chi connectivity index (χ0v) is 29.6. The molecule has 52 heavy (non-hydrogen) atoms. The Morgan fingerprint density at radius 1 is 0.750 bits per heavy atom. The lowest BCUT2D eigenvalue weighted by atomic mass is 9.71. The van der Waals surface area contributed by atoms with Crippen molar-refractivity contribution in [1.82, 2.24) is 0 Å². The minimum Gasteiger partial charge on any atom is -0.472 e. The molecule has 9 rings (SSSR count). The molecular formula is C47H40N2O3. The molecule has 2 aliphatic heterocycles. The average molecular weight is 681 g/mol. The summed E-state index contributed by atoms with van der Waals surface area (Å²) < 4.78 is 19.4. The fourth-order valence-corrected chi connectivity index (χ4v) is 8.82. The van der Waals surface area contributed by atoms with Gasteiger partial charge < -0.3 is 19.1 Å². The lowest BCUT2D eigenvalue weighted by molar-refractivity contribution is 0.122. The van der Waals surface area contributed by atoms with Gasteiger partial charge in [0.1, 0.15) is 17.2 Å². The van der Waals surface area contributed by atoms with Crippen LogP contribution in [-0.2, 0) is 15.8 Å². The van der Waals surface area contributed by atoms with Gasteiger partial charge in [0.25, 0.3) is 0 Å². The molecule has 1 unspecified atom stereocenters. The van der Waals surface area contributed by atoms with Gasteiger partial charge in [0.05, 0.1) is 19.8 Å². The van der Waals surface area contributed by atoms with Crippen LogP contribution in [0.3, 0.4) is 0 Å². The van der Waals surface area contributed by atoms with E-state index < -0.39 is 5.60 Å². The number of anilines is 1. The van der Waals surface area contributed by atoms with Crippen LogP contribution in [0.15, 0.2) is 127 Å². The van der Waals surface area contributed by atoms with E-state index >= 15 is 0 Å². The van der Waals surface area contributed by atoms with Gasteiger partial charge in [-0.2, -0.15) is 0 Å². The van der Waals surface area contributed by atoms with Crippen molar-refractivity contribution >= 4 is 28.2 Å². The quantitative estimate of drug-likeness (QED) is 0.157. The summed E-state index contributed by atoms with van der Waals surface area (Å²) in [6.07, 6.45) is 6.40. The second kappa shape index (κ2) is 12.7. The molecule has 6 aromatic rings. The highest BCUT2D eigenvalue weighted by Crippen LogP contribution is 2.60. The highest BCUT2D eigenvalue weighted by atomic mass is 16.5. The summed E-state index contributed by atoms with van der Waals surface area (Å²) in [4.78, 5) is 6.22. The first-order valence-corrected chi connectivity index (χ1v) is 18.3. The first kappa shape index (κ1) is 32.1. The SMILES string of the molecule is [C-]#[N+]c1ccc2c(c1)C(CC)(CC)c1c3c(c4ccccc4c1-2)OC(c1ccc(Oc2ccccc2)cc1)(c1ccc(N2CCOCC2)cc1)C=C3. The van der Waals surface area contributed by atoms with E-state index in [-0.39, 0.29) is 5.41 Å². The number of ether oxygens (including phenoxy) is 3. The van der Waals surface area contributed by atoms with Crippen LogP contribution in [0.5, 0.6) is 17.2 Å². The van der Waals surface area contributed by atoms with E-state index in [2.05, 4.69) is 109 Å². The number of rotatable bonds is 7. The Balaban J connectivity index is 1.24. The maximum Gasteiger partial charge on any atom is 0.187 e. The number of hydrogen-bond donors (Lipinski definition) is 0. The molecule has 0 N–H and O–H groups in total. The van der Waals surface area contributed by atoms with Crippen molar-refractivity contribution in [1.29, 1.82) is 0 Å². The van der Waals surface area contributed by atoms with E-state index in [0.29, 0.717) is 5.69 Å². The van der Waals surface area contributed by atoms with Gasteiger partial charge in [-0.15, -0.1) is 0 Å². The van der Waals surface area contributed by atoms with Gasteiger partial charge in [-0.3, -0.25) is 0 Å². The number of para-hydroxylation sites is 1. The summed E-state index contributed by atoms with van der Waals surface area (Å²) in [7, 11) is 0. The second-order valence-electron chi connectivity index (χ2n) is 13.9. The van der Waals surface area contributed by atoms with Crippen LogP contribution < -0.4 is 14.4 Å². The van der Waals surface area contributed by atoms with Gasteiger partial charge in [0.2, 0.25) is 0 Å². The third kappa shape index (κ3) is 4.93. The maximum atomic E-state index is 7.82. The molecule has 0 spiro atoms. The second-order valence-corrected chi connectivity index (χ2v) is 13.9. The number of nitrogens with zero attached hydrogens (tertiary/aromatic N) is 2. The van der Waals surface area contributed by atoms with Crippen molar-refractivity contribution in [2.24, 2.45) is 0 Å². The van der Waals surface area contributed by atoms with Crippen LogP contribution >= 0.6 is 0 Å².